The van der Waals surface area contributed by atoms with Crippen molar-refractivity contribution in [1.29, 1.82) is 0 Å². The van der Waals surface area contributed by atoms with Crippen molar-refractivity contribution in [1.82, 2.24) is 15.5 Å². The first-order valence-corrected chi connectivity index (χ1v) is 8.09. The van der Waals surface area contributed by atoms with E-state index in [1.165, 1.54) is 16.0 Å². The number of fused-ring (bicyclic) bond motifs is 1. The molecule has 1 atom stereocenters. The third-order valence-electron chi connectivity index (χ3n) is 4.46. The molecule has 1 aromatic carbocycles. The summed E-state index contributed by atoms with van der Waals surface area (Å²) in [6.07, 6.45) is 3.62. The Labute approximate surface area is 135 Å². The van der Waals surface area contributed by atoms with E-state index in [4.69, 9.17) is 0 Å². The van der Waals surface area contributed by atoms with Gasteiger partial charge < -0.3 is 10.2 Å². The molecule has 2 aliphatic rings. The fourth-order valence-corrected chi connectivity index (χ4v) is 3.22. The minimum absolute atomic E-state index is 0.0589. The molecule has 1 heterocycles. The minimum Gasteiger partial charge on any atom is -0.349 e. The summed E-state index contributed by atoms with van der Waals surface area (Å²) in [6.45, 7) is 0.712. The van der Waals surface area contributed by atoms with Gasteiger partial charge in [-0.05, 0) is 30.4 Å². The molecule has 3 rings (SSSR count). The molecule has 1 aromatic rings. The number of aryl methyl sites for hydroxylation is 1. The SMILES string of the molecule is O=C1CCN(CCC(=O)NC2CCCc3ccccc32)C(=O)N1. The number of carbonyl (C=O) groups excluding carboxylic acids is 3. The average Bonchev–Trinajstić information content (AvgIpc) is 2.54. The van der Waals surface area contributed by atoms with Crippen LogP contribution in [0.15, 0.2) is 24.3 Å². The van der Waals surface area contributed by atoms with Gasteiger partial charge in [-0.25, -0.2) is 4.79 Å². The van der Waals surface area contributed by atoms with E-state index >= 15 is 0 Å². The number of hydrogen-bond acceptors (Lipinski definition) is 3. The number of amides is 4. The first-order chi connectivity index (χ1) is 11.1. The molecule has 23 heavy (non-hydrogen) atoms. The molecule has 2 N–H and O–H groups in total. The molecule has 0 radical (unpaired) electrons. The predicted molar refractivity (Wildman–Crippen MR) is 84.6 cm³/mol. The van der Waals surface area contributed by atoms with Crippen LogP contribution in [0.2, 0.25) is 0 Å². The highest BCUT2D eigenvalue weighted by molar-refractivity contribution is 5.96. The van der Waals surface area contributed by atoms with Gasteiger partial charge in [-0.15, -0.1) is 0 Å². The van der Waals surface area contributed by atoms with Gasteiger partial charge in [0.15, 0.2) is 0 Å². The number of carbonyl (C=O) groups is 3. The largest absolute Gasteiger partial charge is 0.349 e. The van der Waals surface area contributed by atoms with Gasteiger partial charge in [0, 0.05) is 25.9 Å². The number of hydrogen-bond donors (Lipinski definition) is 2. The molecule has 0 saturated carbocycles. The highest BCUT2D eigenvalue weighted by atomic mass is 16.2. The monoisotopic (exact) mass is 315 g/mol. The van der Waals surface area contributed by atoms with E-state index in [2.05, 4.69) is 22.8 Å². The summed E-state index contributed by atoms with van der Waals surface area (Å²) in [5.41, 5.74) is 2.51. The first kappa shape index (κ1) is 15.5. The van der Waals surface area contributed by atoms with Crippen molar-refractivity contribution >= 4 is 17.8 Å². The summed E-state index contributed by atoms with van der Waals surface area (Å²) >= 11 is 0. The molecule has 0 aromatic heterocycles. The Morgan fingerprint density at radius 3 is 2.91 bits per heavy atom. The molecule has 1 saturated heterocycles. The third kappa shape index (κ3) is 3.70. The summed E-state index contributed by atoms with van der Waals surface area (Å²) in [4.78, 5) is 36.4. The van der Waals surface area contributed by atoms with Crippen LogP contribution in [0.1, 0.15) is 42.9 Å². The van der Waals surface area contributed by atoms with Crippen molar-refractivity contribution in [3.8, 4) is 0 Å². The molecule has 0 spiro atoms. The maximum absolute atomic E-state index is 12.2. The smallest absolute Gasteiger partial charge is 0.324 e. The van der Waals surface area contributed by atoms with E-state index in [1.54, 1.807) is 0 Å². The lowest BCUT2D eigenvalue weighted by Gasteiger charge is -2.28. The van der Waals surface area contributed by atoms with Crippen LogP contribution in [0, 0.1) is 0 Å². The van der Waals surface area contributed by atoms with Crippen LogP contribution in [-0.2, 0) is 16.0 Å². The van der Waals surface area contributed by atoms with Gasteiger partial charge >= 0.3 is 6.03 Å². The Kier molecular flexibility index (Phi) is 4.60. The second-order valence-corrected chi connectivity index (χ2v) is 6.05. The summed E-state index contributed by atoms with van der Waals surface area (Å²) < 4.78 is 0. The maximum atomic E-state index is 12.2. The lowest BCUT2D eigenvalue weighted by atomic mass is 9.87. The van der Waals surface area contributed by atoms with E-state index < -0.39 is 6.03 Å². The Balaban J connectivity index is 1.52. The average molecular weight is 315 g/mol. The zero-order chi connectivity index (χ0) is 16.2. The Hall–Kier alpha value is -2.37. The van der Waals surface area contributed by atoms with Crippen molar-refractivity contribution in [2.75, 3.05) is 13.1 Å². The van der Waals surface area contributed by atoms with Gasteiger partial charge in [0.05, 0.1) is 6.04 Å². The quantitative estimate of drug-likeness (QED) is 0.884. The van der Waals surface area contributed by atoms with Gasteiger partial charge in [0.1, 0.15) is 0 Å². The van der Waals surface area contributed by atoms with E-state index in [0.717, 1.165) is 19.3 Å². The summed E-state index contributed by atoms with van der Waals surface area (Å²) in [7, 11) is 0. The molecule has 6 nitrogen and oxygen atoms in total. The second-order valence-electron chi connectivity index (χ2n) is 6.05. The van der Waals surface area contributed by atoms with Gasteiger partial charge in [-0.2, -0.15) is 0 Å². The lowest BCUT2D eigenvalue weighted by molar-refractivity contribution is -0.122. The van der Waals surface area contributed by atoms with E-state index in [1.807, 2.05) is 12.1 Å². The lowest BCUT2D eigenvalue weighted by Crippen LogP contribution is -2.50. The third-order valence-corrected chi connectivity index (χ3v) is 4.46. The number of urea groups is 1. The molecular weight excluding hydrogens is 294 g/mol. The molecule has 122 valence electrons. The Morgan fingerprint density at radius 1 is 1.26 bits per heavy atom. The van der Waals surface area contributed by atoms with Gasteiger partial charge in [-0.1, -0.05) is 24.3 Å². The highest BCUT2D eigenvalue weighted by Gasteiger charge is 2.24. The maximum Gasteiger partial charge on any atom is 0.324 e. The van der Waals surface area contributed by atoms with Crippen LogP contribution in [0.4, 0.5) is 4.79 Å². The molecule has 1 aliphatic heterocycles. The fourth-order valence-electron chi connectivity index (χ4n) is 3.22. The van der Waals surface area contributed by atoms with E-state index in [-0.39, 0.29) is 24.3 Å². The van der Waals surface area contributed by atoms with Gasteiger partial charge in [0.2, 0.25) is 11.8 Å². The van der Waals surface area contributed by atoms with Crippen LogP contribution in [0.25, 0.3) is 0 Å². The predicted octanol–water partition coefficient (Wildman–Crippen LogP) is 1.51. The molecule has 1 unspecified atom stereocenters. The van der Waals surface area contributed by atoms with Crippen LogP contribution >= 0.6 is 0 Å². The van der Waals surface area contributed by atoms with Crippen molar-refractivity contribution in [3.63, 3.8) is 0 Å². The number of rotatable bonds is 4. The first-order valence-electron chi connectivity index (χ1n) is 8.09. The molecule has 4 amide bonds. The molecule has 1 aliphatic carbocycles. The number of nitrogens with zero attached hydrogens (tertiary/aromatic N) is 1. The second kappa shape index (κ2) is 6.81. The number of imide groups is 1. The van der Waals surface area contributed by atoms with E-state index in [9.17, 15) is 14.4 Å². The van der Waals surface area contributed by atoms with Crippen LogP contribution in [0.5, 0.6) is 0 Å². The Bertz CT molecular complexity index is 629. The van der Waals surface area contributed by atoms with Crippen molar-refractivity contribution < 1.29 is 14.4 Å². The normalized spacial score (nSPS) is 20.7. The minimum atomic E-state index is -0.405. The molecule has 6 heteroatoms. The molecular formula is C17H21N3O3. The molecule has 0 bridgehead atoms. The van der Waals surface area contributed by atoms with Gasteiger partial charge in [-0.3, -0.25) is 14.9 Å². The summed E-state index contributed by atoms with van der Waals surface area (Å²) in [5.74, 6) is -0.314. The summed E-state index contributed by atoms with van der Waals surface area (Å²) in [6, 6.07) is 7.87. The highest BCUT2D eigenvalue weighted by Crippen LogP contribution is 2.29. The van der Waals surface area contributed by atoms with Crippen molar-refractivity contribution in [2.24, 2.45) is 0 Å². The number of nitrogens with one attached hydrogen (secondary N) is 2. The molecule has 1 fully saturated rings. The number of benzene rings is 1. The van der Waals surface area contributed by atoms with Crippen LogP contribution < -0.4 is 10.6 Å². The van der Waals surface area contributed by atoms with E-state index in [0.29, 0.717) is 19.5 Å². The standard InChI is InChI=1S/C17H21N3O3/c21-15(8-10-20-11-9-16(22)19-17(20)23)18-14-7-3-5-12-4-1-2-6-13(12)14/h1-2,4,6,14H,3,5,7-11H2,(H,18,21)(H,19,22,23). The van der Waals surface area contributed by atoms with Gasteiger partial charge in [0.25, 0.3) is 0 Å². The van der Waals surface area contributed by atoms with Crippen molar-refractivity contribution in [3.05, 3.63) is 35.4 Å². The van der Waals surface area contributed by atoms with Crippen molar-refractivity contribution in [2.45, 2.75) is 38.1 Å². The summed E-state index contributed by atoms with van der Waals surface area (Å²) in [5, 5.41) is 5.34. The van der Waals surface area contributed by atoms with Crippen LogP contribution in [0.3, 0.4) is 0 Å². The Morgan fingerprint density at radius 2 is 2.09 bits per heavy atom. The topological polar surface area (TPSA) is 78.5 Å². The zero-order valence-corrected chi connectivity index (χ0v) is 13.0. The van der Waals surface area contributed by atoms with Crippen LogP contribution in [-0.4, -0.2) is 35.8 Å². The zero-order valence-electron chi connectivity index (χ0n) is 13.0. The fraction of sp³-hybridized carbons (Fsp3) is 0.471.